The van der Waals surface area contributed by atoms with Crippen molar-refractivity contribution in [2.24, 2.45) is 0 Å². The lowest BCUT2D eigenvalue weighted by atomic mass is 10.0. The number of carbonyl (C=O) groups is 1. The quantitative estimate of drug-likeness (QED) is 0.825. The van der Waals surface area contributed by atoms with E-state index in [0.717, 1.165) is 31.5 Å². The summed E-state index contributed by atoms with van der Waals surface area (Å²) < 4.78 is 0. The third-order valence-electron chi connectivity index (χ3n) is 4.47. The molecule has 0 unspecified atom stereocenters. The number of hydrogen-bond acceptors (Lipinski definition) is 2. The first-order valence-corrected chi connectivity index (χ1v) is 8.90. The number of halogens is 1. The van der Waals surface area contributed by atoms with Crippen LogP contribution in [0.3, 0.4) is 0 Å². The predicted molar refractivity (Wildman–Crippen MR) is 100 cm³/mol. The highest BCUT2D eigenvalue weighted by atomic mass is 35.5. The molecule has 0 spiro atoms. The zero-order chi connectivity index (χ0) is 16.9. The Bertz CT molecular complexity index is 729. The Morgan fingerprint density at radius 2 is 2.08 bits per heavy atom. The van der Waals surface area contributed by atoms with Crippen LogP contribution < -0.4 is 10.2 Å². The smallest absolute Gasteiger partial charge is 0.252 e. The Morgan fingerprint density at radius 3 is 2.92 bits per heavy atom. The summed E-state index contributed by atoms with van der Waals surface area (Å²) in [5, 5.41) is 3.48. The van der Waals surface area contributed by atoms with Gasteiger partial charge in [-0.15, -0.1) is 0 Å². The molecule has 4 heteroatoms. The maximum atomic E-state index is 12.2. The molecule has 0 atom stereocenters. The summed E-state index contributed by atoms with van der Waals surface area (Å²) >= 11 is 6.15. The first kappa shape index (κ1) is 16.8. The van der Waals surface area contributed by atoms with Crippen molar-refractivity contribution < 1.29 is 4.79 Å². The van der Waals surface area contributed by atoms with Gasteiger partial charge in [0.05, 0.1) is 10.6 Å². The first-order valence-electron chi connectivity index (χ1n) is 8.52. The summed E-state index contributed by atoms with van der Waals surface area (Å²) in [6, 6.07) is 14.1. The molecule has 1 heterocycles. The molecule has 1 aliphatic heterocycles. The number of aryl methyl sites for hydroxylation is 2. The fourth-order valence-electron chi connectivity index (χ4n) is 3.22. The number of benzene rings is 2. The maximum Gasteiger partial charge on any atom is 0.252 e. The third-order valence-corrected chi connectivity index (χ3v) is 4.78. The highest BCUT2D eigenvalue weighted by Gasteiger charge is 2.15. The lowest BCUT2D eigenvalue weighted by Gasteiger charge is -2.31. The molecule has 1 amide bonds. The van der Waals surface area contributed by atoms with Crippen molar-refractivity contribution in [1.29, 1.82) is 0 Å². The van der Waals surface area contributed by atoms with E-state index in [-0.39, 0.29) is 5.91 Å². The van der Waals surface area contributed by atoms with E-state index in [0.29, 0.717) is 17.1 Å². The molecule has 0 aliphatic carbocycles. The van der Waals surface area contributed by atoms with E-state index >= 15 is 0 Å². The standard InChI is InChI=1S/C20H23ClN2O/c1-15-9-10-17(18(21)14-15)20(24)22-11-5-13-23-12-4-7-16-6-2-3-8-19(16)23/h2-3,6,8-10,14H,4-5,7,11-13H2,1H3,(H,22,24). The topological polar surface area (TPSA) is 32.3 Å². The van der Waals surface area contributed by atoms with Gasteiger partial charge in [0.2, 0.25) is 0 Å². The van der Waals surface area contributed by atoms with Gasteiger partial charge in [-0.1, -0.05) is 35.9 Å². The van der Waals surface area contributed by atoms with E-state index in [1.165, 1.54) is 17.7 Å². The van der Waals surface area contributed by atoms with Crippen LogP contribution in [0, 0.1) is 6.92 Å². The molecule has 3 nitrogen and oxygen atoms in total. The van der Waals surface area contributed by atoms with Crippen molar-refractivity contribution in [3.8, 4) is 0 Å². The van der Waals surface area contributed by atoms with Gasteiger partial charge < -0.3 is 10.2 Å². The average Bonchev–Trinajstić information content (AvgIpc) is 2.58. The molecule has 0 saturated heterocycles. The highest BCUT2D eigenvalue weighted by Crippen LogP contribution is 2.26. The minimum atomic E-state index is -0.0981. The number of rotatable bonds is 5. The Hall–Kier alpha value is -2.00. The minimum Gasteiger partial charge on any atom is -0.371 e. The number of hydrogen-bond donors (Lipinski definition) is 1. The fourth-order valence-corrected chi connectivity index (χ4v) is 3.54. The Balaban J connectivity index is 1.50. The van der Waals surface area contributed by atoms with E-state index < -0.39 is 0 Å². The van der Waals surface area contributed by atoms with Crippen molar-refractivity contribution in [2.75, 3.05) is 24.5 Å². The first-order chi connectivity index (χ1) is 11.6. The zero-order valence-electron chi connectivity index (χ0n) is 14.0. The van der Waals surface area contributed by atoms with Crippen LogP contribution in [0.5, 0.6) is 0 Å². The van der Waals surface area contributed by atoms with Gasteiger partial charge in [-0.2, -0.15) is 0 Å². The van der Waals surface area contributed by atoms with Crippen LogP contribution in [0.1, 0.15) is 34.3 Å². The lowest BCUT2D eigenvalue weighted by Crippen LogP contribution is -2.33. The number of nitrogens with zero attached hydrogens (tertiary/aromatic N) is 1. The van der Waals surface area contributed by atoms with Gasteiger partial charge in [-0.05, 0) is 55.5 Å². The van der Waals surface area contributed by atoms with Gasteiger partial charge in [0.15, 0.2) is 0 Å². The Morgan fingerprint density at radius 1 is 1.25 bits per heavy atom. The minimum absolute atomic E-state index is 0.0981. The van der Waals surface area contributed by atoms with Crippen LogP contribution in [-0.2, 0) is 6.42 Å². The van der Waals surface area contributed by atoms with E-state index in [1.807, 2.05) is 19.1 Å². The number of carbonyl (C=O) groups excluding carboxylic acids is 1. The third kappa shape index (κ3) is 3.90. The molecule has 0 radical (unpaired) electrons. The van der Waals surface area contributed by atoms with E-state index in [1.54, 1.807) is 6.07 Å². The molecule has 0 aromatic heterocycles. The molecule has 1 aliphatic rings. The number of amides is 1. The van der Waals surface area contributed by atoms with Crippen LogP contribution in [0.25, 0.3) is 0 Å². The fraction of sp³-hybridized carbons (Fsp3) is 0.350. The predicted octanol–water partition coefficient (Wildman–Crippen LogP) is 4.22. The monoisotopic (exact) mass is 342 g/mol. The molecule has 2 aromatic carbocycles. The van der Waals surface area contributed by atoms with E-state index in [4.69, 9.17) is 11.6 Å². The molecule has 0 saturated carbocycles. The van der Waals surface area contributed by atoms with Gasteiger partial charge in [-0.25, -0.2) is 0 Å². The van der Waals surface area contributed by atoms with Gasteiger partial charge >= 0.3 is 0 Å². The summed E-state index contributed by atoms with van der Waals surface area (Å²) in [5.41, 5.74) is 4.38. The van der Waals surface area contributed by atoms with Crippen LogP contribution >= 0.6 is 11.6 Å². The summed E-state index contributed by atoms with van der Waals surface area (Å²) in [6.07, 6.45) is 3.28. The average molecular weight is 343 g/mol. The van der Waals surface area contributed by atoms with Gasteiger partial charge in [0.1, 0.15) is 0 Å². The maximum absolute atomic E-state index is 12.2. The SMILES string of the molecule is Cc1ccc(C(=O)NCCCN2CCCc3ccccc32)c(Cl)c1. The molecule has 1 N–H and O–H groups in total. The second-order valence-electron chi connectivity index (χ2n) is 6.31. The van der Waals surface area contributed by atoms with Crippen molar-refractivity contribution in [2.45, 2.75) is 26.2 Å². The van der Waals surface area contributed by atoms with Crippen LogP contribution in [0.15, 0.2) is 42.5 Å². The van der Waals surface area contributed by atoms with Gasteiger partial charge in [0.25, 0.3) is 5.91 Å². The summed E-state index contributed by atoms with van der Waals surface area (Å²) in [6.45, 7) is 4.67. The molecule has 126 valence electrons. The van der Waals surface area contributed by atoms with Crippen LogP contribution in [0.4, 0.5) is 5.69 Å². The second kappa shape index (κ2) is 7.71. The second-order valence-corrected chi connectivity index (χ2v) is 6.72. The highest BCUT2D eigenvalue weighted by molar-refractivity contribution is 6.33. The summed E-state index contributed by atoms with van der Waals surface area (Å²) in [4.78, 5) is 14.6. The Kier molecular flexibility index (Phi) is 5.41. The molecule has 24 heavy (non-hydrogen) atoms. The lowest BCUT2D eigenvalue weighted by molar-refractivity contribution is 0.0953. The Labute approximate surface area is 148 Å². The van der Waals surface area contributed by atoms with Crippen LogP contribution in [-0.4, -0.2) is 25.5 Å². The van der Waals surface area contributed by atoms with E-state index in [9.17, 15) is 4.79 Å². The van der Waals surface area contributed by atoms with Crippen molar-refractivity contribution in [3.05, 3.63) is 64.2 Å². The summed E-state index contributed by atoms with van der Waals surface area (Å²) in [5.74, 6) is -0.0981. The molecule has 2 aromatic rings. The molecule has 0 bridgehead atoms. The largest absolute Gasteiger partial charge is 0.371 e. The molecular formula is C20H23ClN2O. The number of para-hydroxylation sites is 1. The number of nitrogens with one attached hydrogen (secondary N) is 1. The van der Waals surface area contributed by atoms with Gasteiger partial charge in [-0.3, -0.25) is 4.79 Å². The summed E-state index contributed by atoms with van der Waals surface area (Å²) in [7, 11) is 0. The number of fused-ring (bicyclic) bond motifs is 1. The number of anilines is 1. The van der Waals surface area contributed by atoms with Crippen molar-refractivity contribution in [3.63, 3.8) is 0 Å². The van der Waals surface area contributed by atoms with Gasteiger partial charge in [0, 0.05) is 25.3 Å². The van der Waals surface area contributed by atoms with Crippen LogP contribution in [0.2, 0.25) is 5.02 Å². The molecular weight excluding hydrogens is 320 g/mol. The normalized spacial score (nSPS) is 13.5. The van der Waals surface area contributed by atoms with Crippen molar-refractivity contribution in [1.82, 2.24) is 5.32 Å². The van der Waals surface area contributed by atoms with Crippen molar-refractivity contribution >= 4 is 23.2 Å². The molecule has 0 fully saturated rings. The zero-order valence-corrected chi connectivity index (χ0v) is 14.8. The van der Waals surface area contributed by atoms with E-state index in [2.05, 4.69) is 34.5 Å². The molecule has 3 rings (SSSR count).